The Morgan fingerprint density at radius 1 is 1.50 bits per heavy atom. The molecule has 0 radical (unpaired) electrons. The van der Waals surface area contributed by atoms with Crippen LogP contribution in [0.15, 0.2) is 11.6 Å². The van der Waals surface area contributed by atoms with Crippen LogP contribution >= 0.6 is 0 Å². The molecule has 0 amide bonds. The fourth-order valence-corrected chi connectivity index (χ4v) is 2.58. The molecule has 16 heavy (non-hydrogen) atoms. The third kappa shape index (κ3) is 2.44. The molecule has 0 aliphatic carbocycles. The lowest BCUT2D eigenvalue weighted by atomic mass is 9.82. The van der Waals surface area contributed by atoms with Crippen molar-refractivity contribution in [2.24, 2.45) is 11.8 Å². The Morgan fingerprint density at radius 3 is 2.69 bits per heavy atom. The normalized spacial score (nSPS) is 30.0. The van der Waals surface area contributed by atoms with Gasteiger partial charge in [-0.3, -0.25) is 0 Å². The standard InChI is InChI=1S/C12H19NO3/c1-3-16-12(14)4-11-9-5-13(2)6-10(11)8-15-7-9/h4,9-10H,3,5-8H2,1-2H3. The van der Waals surface area contributed by atoms with Crippen molar-refractivity contribution in [3.05, 3.63) is 11.6 Å². The first-order valence-corrected chi connectivity index (χ1v) is 5.85. The molecule has 0 saturated carbocycles. The number of hydrogen-bond acceptors (Lipinski definition) is 4. The molecule has 90 valence electrons. The van der Waals surface area contributed by atoms with Crippen molar-refractivity contribution in [2.75, 3.05) is 40.0 Å². The van der Waals surface area contributed by atoms with E-state index in [9.17, 15) is 4.79 Å². The maximum Gasteiger partial charge on any atom is 0.330 e. The quantitative estimate of drug-likeness (QED) is 0.512. The monoisotopic (exact) mass is 225 g/mol. The average molecular weight is 225 g/mol. The lowest BCUT2D eigenvalue weighted by molar-refractivity contribution is -0.137. The molecule has 0 aromatic rings. The number of rotatable bonds is 2. The maximum absolute atomic E-state index is 11.5. The number of nitrogens with zero attached hydrogens (tertiary/aromatic N) is 1. The molecule has 0 aromatic heterocycles. The number of esters is 1. The Hall–Kier alpha value is -0.870. The van der Waals surface area contributed by atoms with Crippen LogP contribution in [0.3, 0.4) is 0 Å². The molecule has 4 heteroatoms. The second kappa shape index (κ2) is 4.97. The van der Waals surface area contributed by atoms with Crippen LogP contribution in [0.25, 0.3) is 0 Å². The van der Waals surface area contributed by atoms with Crippen LogP contribution in [0.1, 0.15) is 6.92 Å². The number of hydrogen-bond donors (Lipinski definition) is 0. The SMILES string of the molecule is CCOC(=O)C=C1C2COCC1CN(C)C2. The van der Waals surface area contributed by atoms with Gasteiger partial charge in [0, 0.05) is 31.0 Å². The summed E-state index contributed by atoms with van der Waals surface area (Å²) in [5, 5.41) is 0. The molecule has 0 spiro atoms. The number of piperidine rings is 1. The largest absolute Gasteiger partial charge is 0.463 e. The van der Waals surface area contributed by atoms with Gasteiger partial charge >= 0.3 is 5.97 Å². The van der Waals surface area contributed by atoms with Crippen LogP contribution in [-0.2, 0) is 14.3 Å². The molecule has 2 atom stereocenters. The van der Waals surface area contributed by atoms with Crippen LogP contribution in [-0.4, -0.2) is 50.8 Å². The summed E-state index contributed by atoms with van der Waals surface area (Å²) in [5.74, 6) is 0.516. The van der Waals surface area contributed by atoms with Crippen LogP contribution in [0.2, 0.25) is 0 Å². The summed E-state index contributed by atoms with van der Waals surface area (Å²) in [6, 6.07) is 0. The Bertz CT molecular complexity index is 285. The summed E-state index contributed by atoms with van der Waals surface area (Å²) in [7, 11) is 2.12. The maximum atomic E-state index is 11.5. The van der Waals surface area contributed by atoms with E-state index in [0.29, 0.717) is 18.4 Å². The zero-order valence-corrected chi connectivity index (χ0v) is 9.94. The molecule has 2 heterocycles. The van der Waals surface area contributed by atoms with Gasteiger partial charge in [-0.2, -0.15) is 0 Å². The number of carbonyl (C=O) groups excluding carboxylic acids is 1. The van der Waals surface area contributed by atoms with E-state index in [0.717, 1.165) is 26.3 Å². The van der Waals surface area contributed by atoms with Crippen LogP contribution in [0.4, 0.5) is 0 Å². The van der Waals surface area contributed by atoms with Gasteiger partial charge in [0.05, 0.1) is 19.8 Å². The highest BCUT2D eigenvalue weighted by Gasteiger charge is 2.34. The smallest absolute Gasteiger partial charge is 0.330 e. The molecule has 4 nitrogen and oxygen atoms in total. The molecule has 2 bridgehead atoms. The lowest BCUT2D eigenvalue weighted by Gasteiger charge is -2.41. The highest BCUT2D eigenvalue weighted by atomic mass is 16.5. The summed E-state index contributed by atoms with van der Waals surface area (Å²) < 4.78 is 10.5. The van der Waals surface area contributed by atoms with Crippen molar-refractivity contribution in [2.45, 2.75) is 6.92 Å². The Morgan fingerprint density at radius 2 is 2.12 bits per heavy atom. The topological polar surface area (TPSA) is 38.8 Å². The zero-order valence-electron chi connectivity index (χ0n) is 9.94. The second-order valence-corrected chi connectivity index (χ2v) is 4.55. The Balaban J connectivity index is 2.11. The van der Waals surface area contributed by atoms with Gasteiger partial charge in [0.2, 0.25) is 0 Å². The molecule has 0 aromatic carbocycles. The third-order valence-electron chi connectivity index (χ3n) is 3.22. The molecule has 0 N–H and O–H groups in total. The summed E-state index contributed by atoms with van der Waals surface area (Å²) in [4.78, 5) is 13.8. The van der Waals surface area contributed by atoms with E-state index < -0.39 is 0 Å². The van der Waals surface area contributed by atoms with Gasteiger partial charge in [0.25, 0.3) is 0 Å². The van der Waals surface area contributed by atoms with Gasteiger partial charge in [-0.15, -0.1) is 0 Å². The van der Waals surface area contributed by atoms with E-state index in [2.05, 4.69) is 11.9 Å². The van der Waals surface area contributed by atoms with Crippen LogP contribution in [0.5, 0.6) is 0 Å². The highest BCUT2D eigenvalue weighted by Crippen LogP contribution is 2.31. The van der Waals surface area contributed by atoms with Gasteiger partial charge < -0.3 is 14.4 Å². The van der Waals surface area contributed by atoms with Crippen molar-refractivity contribution in [3.63, 3.8) is 0 Å². The number of carbonyl (C=O) groups is 1. The lowest BCUT2D eigenvalue weighted by Crippen LogP contribution is -2.46. The van der Waals surface area contributed by atoms with Crippen molar-refractivity contribution < 1.29 is 14.3 Å². The fraction of sp³-hybridized carbons (Fsp3) is 0.750. The zero-order chi connectivity index (χ0) is 11.5. The van der Waals surface area contributed by atoms with Crippen molar-refractivity contribution in [3.8, 4) is 0 Å². The minimum absolute atomic E-state index is 0.209. The van der Waals surface area contributed by atoms with Gasteiger partial charge in [-0.1, -0.05) is 0 Å². The van der Waals surface area contributed by atoms with E-state index in [1.165, 1.54) is 5.57 Å². The van der Waals surface area contributed by atoms with E-state index in [4.69, 9.17) is 9.47 Å². The first-order valence-electron chi connectivity index (χ1n) is 5.85. The van der Waals surface area contributed by atoms with E-state index >= 15 is 0 Å². The number of ether oxygens (including phenoxy) is 2. The van der Waals surface area contributed by atoms with Crippen molar-refractivity contribution in [1.29, 1.82) is 0 Å². The van der Waals surface area contributed by atoms with Crippen molar-refractivity contribution in [1.82, 2.24) is 4.90 Å². The fourth-order valence-electron chi connectivity index (χ4n) is 2.58. The predicted octanol–water partition coefficient (Wildman–Crippen LogP) is 0.684. The highest BCUT2D eigenvalue weighted by molar-refractivity contribution is 5.83. The minimum atomic E-state index is -0.209. The molecule has 2 rings (SSSR count). The van der Waals surface area contributed by atoms with Crippen LogP contribution < -0.4 is 0 Å². The summed E-state index contributed by atoms with van der Waals surface area (Å²) in [6.45, 7) is 5.67. The summed E-state index contributed by atoms with van der Waals surface area (Å²) >= 11 is 0. The number of likely N-dealkylation sites (tertiary alicyclic amines) is 1. The van der Waals surface area contributed by atoms with Gasteiger partial charge in [-0.05, 0) is 19.5 Å². The van der Waals surface area contributed by atoms with Gasteiger partial charge in [0.1, 0.15) is 0 Å². The third-order valence-corrected chi connectivity index (χ3v) is 3.22. The van der Waals surface area contributed by atoms with Crippen LogP contribution in [0, 0.1) is 11.8 Å². The van der Waals surface area contributed by atoms with Crippen molar-refractivity contribution >= 4 is 5.97 Å². The molecule has 2 aliphatic rings. The average Bonchev–Trinajstić information content (AvgIpc) is 2.19. The molecule has 2 unspecified atom stereocenters. The molecular formula is C12H19NO3. The Kier molecular flexibility index (Phi) is 3.61. The molecule has 2 fully saturated rings. The molecule has 2 saturated heterocycles. The molecular weight excluding hydrogens is 206 g/mol. The van der Waals surface area contributed by atoms with Gasteiger partial charge in [0.15, 0.2) is 0 Å². The van der Waals surface area contributed by atoms with E-state index in [1.54, 1.807) is 6.08 Å². The number of fused-ring (bicyclic) bond motifs is 2. The minimum Gasteiger partial charge on any atom is -0.463 e. The summed E-state index contributed by atoms with van der Waals surface area (Å²) in [6.07, 6.45) is 1.69. The first kappa shape index (κ1) is 11.6. The first-order chi connectivity index (χ1) is 7.70. The second-order valence-electron chi connectivity index (χ2n) is 4.55. The molecule has 2 aliphatic heterocycles. The van der Waals surface area contributed by atoms with E-state index in [1.807, 2.05) is 6.92 Å². The van der Waals surface area contributed by atoms with Gasteiger partial charge in [-0.25, -0.2) is 4.79 Å². The summed E-state index contributed by atoms with van der Waals surface area (Å²) in [5.41, 5.74) is 1.22. The predicted molar refractivity (Wildman–Crippen MR) is 60.0 cm³/mol. The Labute approximate surface area is 96.2 Å². The van der Waals surface area contributed by atoms with E-state index in [-0.39, 0.29) is 5.97 Å².